The van der Waals surface area contributed by atoms with Crippen molar-refractivity contribution in [2.45, 2.75) is 91.1 Å². The lowest BCUT2D eigenvalue weighted by Gasteiger charge is -2.20. The molecule has 0 bridgehead atoms. The lowest BCUT2D eigenvalue weighted by Crippen LogP contribution is -2.10. The van der Waals surface area contributed by atoms with Crippen molar-refractivity contribution >= 4 is 6.08 Å². The number of benzene rings is 5. The third-order valence-corrected chi connectivity index (χ3v) is 9.64. The Morgan fingerprint density at radius 1 is 0.491 bits per heavy atom. The SMILES string of the molecule is CCCCCCCCCCC=Cc1cc(=O)c(OCc2ccccc2)c(-c2cc(OCc3ccccc3)c(OCc3ccccc3)c(OCc3ccccc3)c2)o1. The van der Waals surface area contributed by atoms with Gasteiger partial charge in [-0.15, -0.1) is 0 Å². The number of allylic oxidation sites excluding steroid dienone is 1. The fourth-order valence-corrected chi connectivity index (χ4v) is 6.50. The molecule has 1 heterocycles. The highest BCUT2D eigenvalue weighted by Crippen LogP contribution is 2.44. The van der Waals surface area contributed by atoms with Gasteiger partial charge in [0.15, 0.2) is 17.3 Å². The molecule has 0 N–H and O–H groups in total. The molecule has 0 fully saturated rings. The van der Waals surface area contributed by atoms with Gasteiger partial charge >= 0.3 is 0 Å². The van der Waals surface area contributed by atoms with Crippen LogP contribution in [0, 0.1) is 0 Å². The summed E-state index contributed by atoms with van der Waals surface area (Å²) in [7, 11) is 0. The van der Waals surface area contributed by atoms with Crippen molar-refractivity contribution in [3.05, 3.63) is 184 Å². The quantitative estimate of drug-likeness (QED) is 0.0606. The van der Waals surface area contributed by atoms with Crippen LogP contribution in [0.1, 0.15) is 92.7 Å². The third-order valence-electron chi connectivity index (χ3n) is 9.64. The summed E-state index contributed by atoms with van der Waals surface area (Å²) in [5.41, 5.74) is 4.20. The van der Waals surface area contributed by atoms with Crippen molar-refractivity contribution < 1.29 is 23.4 Å². The number of hydrogen-bond acceptors (Lipinski definition) is 6. The first-order chi connectivity index (χ1) is 28.2. The first-order valence-electron chi connectivity index (χ1n) is 20.4. The van der Waals surface area contributed by atoms with E-state index in [2.05, 4.69) is 13.0 Å². The zero-order chi connectivity index (χ0) is 39.3. The monoisotopic (exact) mass is 762 g/mol. The van der Waals surface area contributed by atoms with Crippen LogP contribution in [0.15, 0.2) is 155 Å². The first kappa shape index (κ1) is 40.6. The van der Waals surface area contributed by atoms with E-state index in [0.29, 0.717) is 35.2 Å². The van der Waals surface area contributed by atoms with Crippen molar-refractivity contribution in [3.8, 4) is 34.3 Å². The number of hydrogen-bond donors (Lipinski definition) is 0. The van der Waals surface area contributed by atoms with Crippen LogP contribution in [0.2, 0.25) is 0 Å². The highest BCUT2D eigenvalue weighted by Gasteiger charge is 2.23. The highest BCUT2D eigenvalue weighted by atomic mass is 16.5. The van der Waals surface area contributed by atoms with E-state index in [1.54, 1.807) is 0 Å². The second-order valence-corrected chi connectivity index (χ2v) is 14.2. The van der Waals surface area contributed by atoms with Gasteiger partial charge in [-0.05, 0) is 53.3 Å². The third kappa shape index (κ3) is 13.0. The maximum Gasteiger partial charge on any atom is 0.228 e. The second-order valence-electron chi connectivity index (χ2n) is 14.2. The van der Waals surface area contributed by atoms with Gasteiger partial charge in [-0.3, -0.25) is 4.79 Å². The fourth-order valence-electron chi connectivity index (χ4n) is 6.50. The Hall–Kier alpha value is -6.01. The van der Waals surface area contributed by atoms with E-state index in [1.165, 1.54) is 51.0 Å². The molecule has 6 aromatic rings. The number of ether oxygens (including phenoxy) is 4. The van der Waals surface area contributed by atoms with Crippen molar-refractivity contribution in [2.24, 2.45) is 0 Å². The molecule has 0 aliphatic rings. The minimum Gasteiger partial charge on any atom is -0.485 e. The largest absolute Gasteiger partial charge is 0.485 e. The molecule has 6 nitrogen and oxygen atoms in total. The van der Waals surface area contributed by atoms with Crippen LogP contribution in [0.3, 0.4) is 0 Å². The fraction of sp³-hybridized carbons (Fsp3) is 0.275. The van der Waals surface area contributed by atoms with Gasteiger partial charge in [0.05, 0.1) is 0 Å². The maximum absolute atomic E-state index is 13.9. The molecular weight excluding hydrogens is 709 g/mol. The van der Waals surface area contributed by atoms with Gasteiger partial charge in [0.1, 0.15) is 32.2 Å². The van der Waals surface area contributed by atoms with Crippen molar-refractivity contribution in [2.75, 3.05) is 0 Å². The molecule has 0 spiro atoms. The minimum absolute atomic E-state index is 0.111. The van der Waals surface area contributed by atoms with E-state index >= 15 is 0 Å². The lowest BCUT2D eigenvalue weighted by atomic mass is 10.1. The maximum atomic E-state index is 13.9. The zero-order valence-corrected chi connectivity index (χ0v) is 33.1. The topological polar surface area (TPSA) is 67.1 Å². The molecule has 0 atom stereocenters. The van der Waals surface area contributed by atoms with Crippen LogP contribution in [-0.4, -0.2) is 0 Å². The molecule has 0 saturated carbocycles. The Balaban J connectivity index is 1.36. The molecular formula is C51H54O6. The van der Waals surface area contributed by atoms with Gasteiger partial charge in [0.25, 0.3) is 0 Å². The molecule has 0 radical (unpaired) electrons. The molecule has 0 aliphatic carbocycles. The summed E-state index contributed by atoms with van der Waals surface area (Å²) < 4.78 is 32.5. The summed E-state index contributed by atoms with van der Waals surface area (Å²) in [5, 5.41) is 0. The smallest absolute Gasteiger partial charge is 0.228 e. The Kier molecular flexibility index (Phi) is 16.1. The summed E-state index contributed by atoms with van der Waals surface area (Å²) in [6.45, 7) is 3.31. The van der Waals surface area contributed by atoms with Crippen LogP contribution >= 0.6 is 0 Å². The van der Waals surface area contributed by atoms with E-state index in [1.807, 2.05) is 140 Å². The van der Waals surface area contributed by atoms with Crippen molar-refractivity contribution in [1.29, 1.82) is 0 Å². The molecule has 0 aliphatic heterocycles. The Labute approximate surface area is 337 Å². The molecule has 6 rings (SSSR count). The van der Waals surface area contributed by atoms with Crippen LogP contribution in [0.4, 0.5) is 0 Å². The summed E-state index contributed by atoms with van der Waals surface area (Å²) in [6, 6.07) is 44.9. The van der Waals surface area contributed by atoms with Crippen molar-refractivity contribution in [3.63, 3.8) is 0 Å². The van der Waals surface area contributed by atoms with Crippen molar-refractivity contribution in [1.82, 2.24) is 0 Å². The second kappa shape index (κ2) is 22.5. The van der Waals surface area contributed by atoms with E-state index in [-0.39, 0.29) is 36.8 Å². The van der Waals surface area contributed by atoms with Crippen LogP contribution in [-0.2, 0) is 26.4 Å². The van der Waals surface area contributed by atoms with Gasteiger partial charge in [0, 0.05) is 11.6 Å². The number of rotatable bonds is 23. The molecule has 1 aromatic heterocycles. The Bertz CT molecular complexity index is 2080. The summed E-state index contributed by atoms with van der Waals surface area (Å²) in [6.07, 6.45) is 14.9. The predicted octanol–water partition coefficient (Wildman–Crippen LogP) is 13.2. The molecule has 0 unspecified atom stereocenters. The average Bonchev–Trinajstić information content (AvgIpc) is 3.26. The highest BCUT2D eigenvalue weighted by molar-refractivity contribution is 5.72. The summed E-state index contributed by atoms with van der Waals surface area (Å²) >= 11 is 0. The van der Waals surface area contributed by atoms with E-state index in [0.717, 1.165) is 35.1 Å². The normalized spacial score (nSPS) is 11.1. The summed E-state index contributed by atoms with van der Waals surface area (Å²) in [5.74, 6) is 2.19. The van der Waals surface area contributed by atoms with Crippen LogP contribution in [0.5, 0.6) is 23.0 Å². The van der Waals surface area contributed by atoms with Crippen LogP contribution in [0.25, 0.3) is 17.4 Å². The zero-order valence-electron chi connectivity index (χ0n) is 33.1. The van der Waals surface area contributed by atoms with E-state index in [4.69, 9.17) is 23.4 Å². The first-order valence-corrected chi connectivity index (χ1v) is 20.4. The Morgan fingerprint density at radius 2 is 0.912 bits per heavy atom. The van der Waals surface area contributed by atoms with E-state index in [9.17, 15) is 4.79 Å². The standard InChI is InChI=1S/C51H54O6/c1-2-3-4-5-6-7-8-9-10-23-32-45-35-46(52)50(55-38-42-28-19-13-20-29-42)49(57-45)44-33-47(53-36-40-24-15-11-16-25-40)51(56-39-43-30-21-14-22-31-43)48(34-44)54-37-41-26-17-12-18-27-41/h11-35H,2-10,36-39H2,1H3. The molecule has 6 heteroatoms. The lowest BCUT2D eigenvalue weighted by molar-refractivity contribution is 0.230. The van der Waals surface area contributed by atoms with Gasteiger partial charge in [-0.2, -0.15) is 0 Å². The molecule has 57 heavy (non-hydrogen) atoms. The molecule has 0 saturated heterocycles. The minimum atomic E-state index is -0.276. The molecule has 294 valence electrons. The van der Waals surface area contributed by atoms with E-state index < -0.39 is 0 Å². The van der Waals surface area contributed by atoms with Gasteiger partial charge in [0.2, 0.25) is 16.9 Å². The van der Waals surface area contributed by atoms with Gasteiger partial charge in [-0.1, -0.05) is 179 Å². The Morgan fingerprint density at radius 3 is 1.39 bits per heavy atom. The van der Waals surface area contributed by atoms with Crippen LogP contribution < -0.4 is 24.4 Å². The van der Waals surface area contributed by atoms with Gasteiger partial charge < -0.3 is 23.4 Å². The summed E-state index contributed by atoms with van der Waals surface area (Å²) in [4.78, 5) is 13.9. The number of unbranched alkanes of at least 4 members (excludes halogenated alkanes) is 8. The average molecular weight is 763 g/mol. The van der Waals surface area contributed by atoms with Gasteiger partial charge in [-0.25, -0.2) is 0 Å². The molecule has 0 amide bonds. The molecule has 5 aromatic carbocycles. The predicted molar refractivity (Wildman–Crippen MR) is 230 cm³/mol.